The molecular formula is C13H14N2O3. The summed E-state index contributed by atoms with van der Waals surface area (Å²) in [5.74, 6) is 0.366. The van der Waals surface area contributed by atoms with Crippen molar-refractivity contribution in [2.24, 2.45) is 0 Å². The molecule has 0 unspecified atom stereocenters. The van der Waals surface area contributed by atoms with Crippen LogP contribution in [-0.4, -0.2) is 16.6 Å². The summed E-state index contributed by atoms with van der Waals surface area (Å²) in [5.41, 5.74) is 0.641. The molecular weight excluding hydrogens is 232 g/mol. The van der Waals surface area contributed by atoms with Gasteiger partial charge in [-0.05, 0) is 12.5 Å². The summed E-state index contributed by atoms with van der Waals surface area (Å²) in [5, 5.41) is 3.94. The molecule has 0 aliphatic rings. The zero-order valence-corrected chi connectivity index (χ0v) is 10.1. The van der Waals surface area contributed by atoms with Crippen molar-refractivity contribution < 1.29 is 9.57 Å². The smallest absolute Gasteiger partial charge is 0.303 e. The van der Waals surface area contributed by atoms with Crippen molar-refractivity contribution in [1.29, 1.82) is 0 Å². The number of nitrogens with zero attached hydrogens (tertiary/aromatic N) is 2. The van der Waals surface area contributed by atoms with Crippen LogP contribution in [0.5, 0.6) is 5.88 Å². The Morgan fingerprint density at radius 3 is 2.67 bits per heavy atom. The predicted octanol–water partition coefficient (Wildman–Crippen LogP) is 1.27. The maximum absolute atomic E-state index is 11.5. The summed E-state index contributed by atoms with van der Waals surface area (Å²) in [6.45, 7) is 2.62. The van der Waals surface area contributed by atoms with Crippen LogP contribution in [0.1, 0.15) is 12.5 Å². The fourth-order valence-corrected chi connectivity index (χ4v) is 1.41. The van der Waals surface area contributed by atoms with E-state index in [1.807, 2.05) is 37.3 Å². The van der Waals surface area contributed by atoms with Gasteiger partial charge in [0.1, 0.15) is 6.61 Å². The van der Waals surface area contributed by atoms with Crippen molar-refractivity contribution in [2.45, 2.75) is 13.5 Å². The predicted molar refractivity (Wildman–Crippen MR) is 66.4 cm³/mol. The van der Waals surface area contributed by atoms with Crippen molar-refractivity contribution in [3.63, 3.8) is 0 Å². The van der Waals surface area contributed by atoms with Gasteiger partial charge in [-0.25, -0.2) is 0 Å². The monoisotopic (exact) mass is 246 g/mol. The highest BCUT2D eigenvalue weighted by Gasteiger charge is 2.02. The molecule has 0 amide bonds. The highest BCUT2D eigenvalue weighted by Crippen LogP contribution is 2.01. The van der Waals surface area contributed by atoms with Crippen molar-refractivity contribution in [3.05, 3.63) is 58.4 Å². The lowest BCUT2D eigenvalue weighted by molar-refractivity contribution is 0.0548. The molecule has 0 N–H and O–H groups in total. The van der Waals surface area contributed by atoms with E-state index in [1.165, 1.54) is 12.1 Å². The summed E-state index contributed by atoms with van der Waals surface area (Å²) in [7, 11) is 0. The van der Waals surface area contributed by atoms with Gasteiger partial charge in [0.2, 0.25) is 5.88 Å². The number of hydrogen-bond acceptors (Lipinski definition) is 4. The van der Waals surface area contributed by atoms with E-state index in [2.05, 4.69) is 5.10 Å². The van der Waals surface area contributed by atoms with Crippen molar-refractivity contribution >= 4 is 0 Å². The number of rotatable bonds is 5. The zero-order chi connectivity index (χ0) is 12.8. The summed E-state index contributed by atoms with van der Waals surface area (Å²) in [4.78, 5) is 17.8. The van der Waals surface area contributed by atoms with Gasteiger partial charge in [-0.2, -0.15) is 0 Å². The van der Waals surface area contributed by atoms with Crippen LogP contribution in [0.2, 0.25) is 0 Å². The first-order valence-corrected chi connectivity index (χ1v) is 5.70. The average molecular weight is 246 g/mol. The Morgan fingerprint density at radius 2 is 1.94 bits per heavy atom. The van der Waals surface area contributed by atoms with Crippen molar-refractivity contribution in [1.82, 2.24) is 9.94 Å². The summed E-state index contributed by atoms with van der Waals surface area (Å²) >= 11 is 0. The Balaban J connectivity index is 2.09. The van der Waals surface area contributed by atoms with Gasteiger partial charge in [-0.15, -0.1) is 0 Å². The van der Waals surface area contributed by atoms with Gasteiger partial charge >= 0.3 is 5.56 Å². The highest BCUT2D eigenvalue weighted by atomic mass is 16.7. The number of ether oxygens (including phenoxy) is 1. The van der Waals surface area contributed by atoms with Gasteiger partial charge in [-0.3, -0.25) is 4.79 Å². The van der Waals surface area contributed by atoms with Gasteiger partial charge in [0.05, 0.1) is 6.61 Å². The number of aromatic nitrogens is 2. The first-order valence-electron chi connectivity index (χ1n) is 5.70. The van der Waals surface area contributed by atoms with Crippen LogP contribution in [0.15, 0.2) is 47.3 Å². The minimum atomic E-state index is -0.325. The lowest BCUT2D eigenvalue weighted by Gasteiger charge is -2.08. The van der Waals surface area contributed by atoms with Crippen LogP contribution < -0.4 is 15.1 Å². The second-order valence-corrected chi connectivity index (χ2v) is 3.57. The molecule has 5 nitrogen and oxygen atoms in total. The van der Waals surface area contributed by atoms with Gasteiger partial charge in [-0.1, -0.05) is 40.3 Å². The van der Waals surface area contributed by atoms with E-state index in [9.17, 15) is 4.79 Å². The van der Waals surface area contributed by atoms with Crippen LogP contribution in [0, 0.1) is 0 Å². The molecule has 1 aromatic carbocycles. The first-order chi connectivity index (χ1) is 8.79. The molecule has 0 radical (unpaired) electrons. The third-order valence-electron chi connectivity index (χ3n) is 2.23. The molecule has 94 valence electrons. The Bertz CT molecular complexity index is 552. The van der Waals surface area contributed by atoms with Crippen LogP contribution >= 0.6 is 0 Å². The molecule has 0 aliphatic heterocycles. The molecule has 2 rings (SSSR count). The molecule has 0 spiro atoms. The largest absolute Gasteiger partial charge is 0.477 e. The zero-order valence-electron chi connectivity index (χ0n) is 10.1. The summed E-state index contributed by atoms with van der Waals surface area (Å²) < 4.78 is 5.20. The van der Waals surface area contributed by atoms with E-state index in [-0.39, 0.29) is 12.2 Å². The number of benzene rings is 1. The van der Waals surface area contributed by atoms with E-state index >= 15 is 0 Å². The molecule has 18 heavy (non-hydrogen) atoms. The van der Waals surface area contributed by atoms with Crippen LogP contribution in [0.3, 0.4) is 0 Å². The Labute approximate surface area is 105 Å². The van der Waals surface area contributed by atoms with Crippen molar-refractivity contribution in [2.75, 3.05) is 6.61 Å². The molecule has 0 fully saturated rings. The minimum Gasteiger partial charge on any atom is -0.477 e. The molecule has 0 aliphatic carbocycles. The van der Waals surface area contributed by atoms with Gasteiger partial charge in [0.15, 0.2) is 0 Å². The third-order valence-corrected chi connectivity index (χ3v) is 2.23. The summed E-state index contributed by atoms with van der Waals surface area (Å²) in [6, 6.07) is 12.5. The molecule has 2 aromatic rings. The van der Waals surface area contributed by atoms with E-state index in [0.29, 0.717) is 12.5 Å². The standard InChI is InChI=1S/C13H14N2O3/c1-2-17-12-8-9-13(16)15(14-12)18-10-11-6-4-3-5-7-11/h3-9H,2,10H2,1H3. The van der Waals surface area contributed by atoms with Gasteiger partial charge in [0, 0.05) is 12.1 Å². The fourth-order valence-electron chi connectivity index (χ4n) is 1.41. The maximum Gasteiger partial charge on any atom is 0.303 e. The second kappa shape index (κ2) is 5.86. The molecule has 0 saturated carbocycles. The molecule has 1 heterocycles. The Kier molecular flexibility index (Phi) is 3.96. The topological polar surface area (TPSA) is 53.4 Å². The molecule has 1 aromatic heterocycles. The van der Waals surface area contributed by atoms with Crippen LogP contribution in [0.25, 0.3) is 0 Å². The third kappa shape index (κ3) is 3.10. The maximum atomic E-state index is 11.5. The van der Waals surface area contributed by atoms with Crippen LogP contribution in [0.4, 0.5) is 0 Å². The number of hydrogen-bond donors (Lipinski definition) is 0. The van der Waals surface area contributed by atoms with Crippen LogP contribution in [-0.2, 0) is 6.61 Å². The molecule has 0 atom stereocenters. The first kappa shape index (κ1) is 12.2. The van der Waals surface area contributed by atoms with E-state index in [4.69, 9.17) is 9.57 Å². The minimum absolute atomic E-state index is 0.281. The second-order valence-electron chi connectivity index (χ2n) is 3.57. The van der Waals surface area contributed by atoms with Gasteiger partial charge in [0.25, 0.3) is 0 Å². The van der Waals surface area contributed by atoms with E-state index in [0.717, 1.165) is 10.4 Å². The van der Waals surface area contributed by atoms with E-state index in [1.54, 1.807) is 0 Å². The highest BCUT2D eigenvalue weighted by molar-refractivity contribution is 5.13. The Morgan fingerprint density at radius 1 is 1.17 bits per heavy atom. The molecule has 0 saturated heterocycles. The van der Waals surface area contributed by atoms with Gasteiger partial charge < -0.3 is 9.57 Å². The lowest BCUT2D eigenvalue weighted by atomic mass is 10.2. The van der Waals surface area contributed by atoms with Crippen molar-refractivity contribution in [3.8, 4) is 5.88 Å². The lowest BCUT2D eigenvalue weighted by Crippen LogP contribution is -2.28. The fraction of sp³-hybridized carbons (Fsp3) is 0.231. The normalized spacial score (nSPS) is 10.1. The average Bonchev–Trinajstić information content (AvgIpc) is 2.41. The van der Waals surface area contributed by atoms with E-state index < -0.39 is 0 Å². The quantitative estimate of drug-likeness (QED) is 0.797. The summed E-state index contributed by atoms with van der Waals surface area (Å²) in [6.07, 6.45) is 0. The SMILES string of the molecule is CCOc1ccc(=O)n(OCc2ccccc2)n1. The Hall–Kier alpha value is -2.30. The molecule has 0 bridgehead atoms. The molecule has 5 heteroatoms.